The smallest absolute Gasteiger partial charge is 0.250 e. The quantitative estimate of drug-likeness (QED) is 0.855. The highest BCUT2D eigenvalue weighted by Gasteiger charge is 2.05. The normalized spacial score (nSPS) is 10.4. The Kier molecular flexibility index (Phi) is 5.55. The van der Waals surface area contributed by atoms with Gasteiger partial charge < -0.3 is 15.4 Å². The van der Waals surface area contributed by atoms with Crippen molar-refractivity contribution in [3.63, 3.8) is 0 Å². The molecular formula is C14H16ClN3O2S. The molecule has 0 aliphatic carbocycles. The second kappa shape index (κ2) is 7.40. The number of hydrogen-bond donors (Lipinski definition) is 2. The van der Waals surface area contributed by atoms with Gasteiger partial charge in [-0.3, -0.25) is 4.79 Å². The van der Waals surface area contributed by atoms with Crippen LogP contribution < -0.4 is 10.6 Å². The van der Waals surface area contributed by atoms with E-state index in [2.05, 4.69) is 15.6 Å². The van der Waals surface area contributed by atoms with E-state index < -0.39 is 0 Å². The maximum Gasteiger partial charge on any atom is 0.250 e. The number of carbonyl (C=O) groups is 1. The van der Waals surface area contributed by atoms with Crippen LogP contribution >= 0.6 is 22.9 Å². The molecule has 0 fully saturated rings. The van der Waals surface area contributed by atoms with Crippen LogP contribution in [0, 0.1) is 6.92 Å². The number of nitrogens with one attached hydrogen (secondary N) is 2. The molecule has 0 aliphatic rings. The van der Waals surface area contributed by atoms with E-state index in [-0.39, 0.29) is 12.5 Å². The van der Waals surface area contributed by atoms with Crippen molar-refractivity contribution in [2.75, 3.05) is 24.4 Å². The van der Waals surface area contributed by atoms with Gasteiger partial charge >= 0.3 is 0 Å². The van der Waals surface area contributed by atoms with Gasteiger partial charge in [0.05, 0.1) is 6.54 Å². The Bertz CT molecular complexity index is 630. The van der Waals surface area contributed by atoms with Gasteiger partial charge in [-0.25, -0.2) is 4.98 Å². The molecule has 0 saturated carbocycles. The number of aryl methyl sites for hydroxylation is 1. The number of anilines is 2. The number of thiazole rings is 1. The first kappa shape index (κ1) is 15.8. The van der Waals surface area contributed by atoms with Crippen molar-refractivity contribution in [3.8, 4) is 0 Å². The Balaban J connectivity index is 1.96. The minimum atomic E-state index is -0.166. The third-order valence-electron chi connectivity index (χ3n) is 2.77. The summed E-state index contributed by atoms with van der Waals surface area (Å²) in [6.07, 6.45) is 1.76. The second-order valence-corrected chi connectivity index (χ2v) is 6.14. The molecule has 1 amide bonds. The summed E-state index contributed by atoms with van der Waals surface area (Å²) in [7, 11) is 1.49. The molecule has 21 heavy (non-hydrogen) atoms. The van der Waals surface area contributed by atoms with Crippen LogP contribution in [0.4, 0.5) is 11.4 Å². The molecular weight excluding hydrogens is 310 g/mol. The van der Waals surface area contributed by atoms with Gasteiger partial charge in [0.2, 0.25) is 5.91 Å². The number of benzene rings is 1. The van der Waals surface area contributed by atoms with Crippen LogP contribution in [0.2, 0.25) is 4.47 Å². The predicted molar refractivity (Wildman–Crippen MR) is 86.1 cm³/mol. The highest BCUT2D eigenvalue weighted by Crippen LogP contribution is 2.22. The lowest BCUT2D eigenvalue weighted by molar-refractivity contribution is -0.119. The minimum Gasteiger partial charge on any atom is -0.380 e. The van der Waals surface area contributed by atoms with E-state index in [0.717, 1.165) is 21.8 Å². The first-order valence-corrected chi connectivity index (χ1v) is 7.51. The monoisotopic (exact) mass is 325 g/mol. The number of methoxy groups -OCH3 is 1. The highest BCUT2D eigenvalue weighted by atomic mass is 35.5. The summed E-state index contributed by atoms with van der Waals surface area (Å²) in [4.78, 5) is 16.6. The lowest BCUT2D eigenvalue weighted by Gasteiger charge is -2.11. The average Bonchev–Trinajstić information content (AvgIpc) is 2.85. The van der Waals surface area contributed by atoms with Crippen LogP contribution in [0.3, 0.4) is 0 Å². The Morgan fingerprint density at radius 3 is 2.90 bits per heavy atom. The van der Waals surface area contributed by atoms with Gasteiger partial charge in [-0.2, -0.15) is 0 Å². The summed E-state index contributed by atoms with van der Waals surface area (Å²) in [5.41, 5.74) is 2.73. The first-order valence-electron chi connectivity index (χ1n) is 6.32. The van der Waals surface area contributed by atoms with Gasteiger partial charge in [0.1, 0.15) is 6.61 Å². The number of hydrogen-bond acceptors (Lipinski definition) is 5. The zero-order valence-electron chi connectivity index (χ0n) is 11.8. The number of aromatic nitrogens is 1. The van der Waals surface area contributed by atoms with Crippen LogP contribution in [0.1, 0.15) is 10.4 Å². The summed E-state index contributed by atoms with van der Waals surface area (Å²) in [5.74, 6) is -0.166. The molecule has 2 aromatic rings. The van der Waals surface area contributed by atoms with E-state index in [9.17, 15) is 4.79 Å². The molecule has 2 N–H and O–H groups in total. The van der Waals surface area contributed by atoms with Gasteiger partial charge in [-0.1, -0.05) is 11.6 Å². The number of ether oxygens (including phenoxy) is 1. The molecule has 0 unspecified atom stereocenters. The molecule has 0 bridgehead atoms. The van der Waals surface area contributed by atoms with Crippen molar-refractivity contribution in [3.05, 3.63) is 39.3 Å². The summed E-state index contributed by atoms with van der Waals surface area (Å²) >= 11 is 7.24. The molecule has 112 valence electrons. The van der Waals surface area contributed by atoms with Crippen molar-refractivity contribution in [2.24, 2.45) is 0 Å². The largest absolute Gasteiger partial charge is 0.380 e. The van der Waals surface area contributed by atoms with Crippen molar-refractivity contribution >= 4 is 40.2 Å². The number of amides is 1. The van der Waals surface area contributed by atoms with Crippen LogP contribution in [-0.4, -0.2) is 24.6 Å². The Hall–Kier alpha value is -1.63. The van der Waals surface area contributed by atoms with E-state index in [1.807, 2.05) is 25.1 Å². The van der Waals surface area contributed by atoms with Crippen molar-refractivity contribution in [1.82, 2.24) is 4.98 Å². The van der Waals surface area contributed by atoms with E-state index in [0.29, 0.717) is 11.0 Å². The fraction of sp³-hybridized carbons (Fsp3) is 0.286. The van der Waals surface area contributed by atoms with Crippen molar-refractivity contribution in [2.45, 2.75) is 13.5 Å². The topological polar surface area (TPSA) is 63.2 Å². The summed E-state index contributed by atoms with van der Waals surface area (Å²) in [6, 6.07) is 5.76. The summed E-state index contributed by atoms with van der Waals surface area (Å²) in [6.45, 7) is 2.65. The Morgan fingerprint density at radius 2 is 2.29 bits per heavy atom. The van der Waals surface area contributed by atoms with Gasteiger partial charge in [0.15, 0.2) is 4.47 Å². The number of carbonyl (C=O) groups excluding carboxylic acids is 1. The average molecular weight is 326 g/mol. The minimum absolute atomic E-state index is 0.0472. The predicted octanol–water partition coefficient (Wildman–Crippen LogP) is 3.30. The van der Waals surface area contributed by atoms with E-state index in [1.165, 1.54) is 18.4 Å². The summed E-state index contributed by atoms with van der Waals surface area (Å²) < 4.78 is 5.33. The maximum absolute atomic E-state index is 11.5. The van der Waals surface area contributed by atoms with Crippen LogP contribution in [-0.2, 0) is 16.1 Å². The fourth-order valence-corrected chi connectivity index (χ4v) is 2.70. The molecule has 2 rings (SSSR count). The zero-order chi connectivity index (χ0) is 15.2. The third-order valence-corrected chi connectivity index (χ3v) is 3.88. The molecule has 1 heterocycles. The molecule has 0 saturated heterocycles. The van der Waals surface area contributed by atoms with Crippen molar-refractivity contribution < 1.29 is 9.53 Å². The molecule has 0 spiro atoms. The Morgan fingerprint density at radius 1 is 1.48 bits per heavy atom. The molecule has 0 aliphatic heterocycles. The fourth-order valence-electron chi connectivity index (χ4n) is 1.79. The second-order valence-electron chi connectivity index (χ2n) is 4.44. The lowest BCUT2D eigenvalue weighted by Crippen LogP contribution is -2.17. The van der Waals surface area contributed by atoms with Crippen LogP contribution in [0.25, 0.3) is 0 Å². The summed E-state index contributed by atoms with van der Waals surface area (Å²) in [5, 5.41) is 6.09. The Labute approximate surface area is 132 Å². The van der Waals surface area contributed by atoms with E-state index in [1.54, 1.807) is 6.20 Å². The number of nitrogens with zero attached hydrogens (tertiary/aromatic N) is 1. The molecule has 0 radical (unpaired) electrons. The molecule has 5 nitrogen and oxygen atoms in total. The molecule has 0 atom stereocenters. The van der Waals surface area contributed by atoms with Crippen LogP contribution in [0.5, 0.6) is 0 Å². The SMILES string of the molecule is COCC(=O)Nc1ccc(NCc2cnc(Cl)s2)cc1C. The van der Waals surface area contributed by atoms with E-state index >= 15 is 0 Å². The lowest BCUT2D eigenvalue weighted by atomic mass is 10.1. The molecule has 7 heteroatoms. The van der Waals surface area contributed by atoms with Crippen molar-refractivity contribution in [1.29, 1.82) is 0 Å². The van der Waals surface area contributed by atoms with Gasteiger partial charge in [0, 0.05) is 29.6 Å². The zero-order valence-corrected chi connectivity index (χ0v) is 13.3. The number of rotatable bonds is 6. The number of halogens is 1. The van der Waals surface area contributed by atoms with Gasteiger partial charge in [-0.15, -0.1) is 11.3 Å². The van der Waals surface area contributed by atoms with E-state index in [4.69, 9.17) is 16.3 Å². The molecule has 1 aromatic carbocycles. The standard InChI is InChI=1S/C14H16ClN3O2S/c1-9-5-10(16-6-11-7-17-14(15)21-11)3-4-12(9)18-13(19)8-20-2/h3-5,7,16H,6,8H2,1-2H3,(H,18,19). The third kappa shape index (κ3) is 4.70. The van der Waals surface area contributed by atoms with Gasteiger partial charge in [-0.05, 0) is 30.7 Å². The first-order chi connectivity index (χ1) is 10.1. The maximum atomic E-state index is 11.5. The van der Waals surface area contributed by atoms with Gasteiger partial charge in [0.25, 0.3) is 0 Å². The van der Waals surface area contributed by atoms with Crippen LogP contribution in [0.15, 0.2) is 24.4 Å². The molecule has 1 aromatic heterocycles. The highest BCUT2D eigenvalue weighted by molar-refractivity contribution is 7.15.